The van der Waals surface area contributed by atoms with Gasteiger partial charge in [-0.05, 0) is 6.42 Å². The third-order valence-corrected chi connectivity index (χ3v) is 3.49. The maximum Gasteiger partial charge on any atom is 0.239 e. The summed E-state index contributed by atoms with van der Waals surface area (Å²) in [5, 5.41) is 3.23. The van der Waals surface area contributed by atoms with E-state index in [1.165, 1.54) is 0 Å². The Hall–Kier alpha value is -2.14. The molecule has 6 heteroatoms. The van der Waals surface area contributed by atoms with E-state index in [0.29, 0.717) is 29.9 Å². The highest BCUT2D eigenvalue weighted by Gasteiger charge is 2.17. The predicted molar refractivity (Wildman–Crippen MR) is 82.3 cm³/mol. The summed E-state index contributed by atoms with van der Waals surface area (Å²) in [7, 11) is 0. The minimum Gasteiger partial charge on any atom is -0.354 e. The largest absolute Gasteiger partial charge is 0.354 e. The summed E-state index contributed by atoms with van der Waals surface area (Å²) in [6.07, 6.45) is 0.883. The number of carbonyl (C=O) groups excluding carboxylic acids is 1. The smallest absolute Gasteiger partial charge is 0.239 e. The van der Waals surface area contributed by atoms with E-state index in [-0.39, 0.29) is 5.91 Å². The Morgan fingerprint density at radius 1 is 1.19 bits per heavy atom. The van der Waals surface area contributed by atoms with Crippen molar-refractivity contribution in [2.24, 2.45) is 0 Å². The van der Waals surface area contributed by atoms with Gasteiger partial charge in [-0.25, -0.2) is 9.97 Å². The van der Waals surface area contributed by atoms with Crippen molar-refractivity contribution in [3.63, 3.8) is 0 Å². The maximum atomic E-state index is 11.7. The van der Waals surface area contributed by atoms with Gasteiger partial charge in [-0.3, -0.25) is 4.79 Å². The van der Waals surface area contributed by atoms with Crippen molar-refractivity contribution >= 4 is 23.3 Å². The van der Waals surface area contributed by atoms with Crippen LogP contribution in [-0.2, 0) is 4.79 Å². The van der Waals surface area contributed by atoms with Gasteiger partial charge in [0.05, 0.1) is 6.54 Å². The van der Waals surface area contributed by atoms with Crippen molar-refractivity contribution in [1.29, 1.82) is 0 Å². The molecule has 108 valence electrons. The van der Waals surface area contributed by atoms with Crippen LogP contribution >= 0.6 is 11.6 Å². The van der Waals surface area contributed by atoms with Crippen LogP contribution in [0.5, 0.6) is 0 Å². The van der Waals surface area contributed by atoms with Crippen LogP contribution < -0.4 is 10.2 Å². The van der Waals surface area contributed by atoms with Crippen molar-refractivity contribution in [1.82, 2.24) is 15.3 Å². The van der Waals surface area contributed by atoms with Crippen LogP contribution in [0.15, 0.2) is 36.4 Å². The SMILES string of the molecule is O=C1CN(c2cc(Cl)nc(-c3ccccc3)n2)CCCN1. The molecule has 0 spiro atoms. The topological polar surface area (TPSA) is 58.1 Å². The van der Waals surface area contributed by atoms with Crippen LogP contribution in [0.1, 0.15) is 6.42 Å². The summed E-state index contributed by atoms with van der Waals surface area (Å²) in [5.74, 6) is 1.26. The molecule has 1 aromatic carbocycles. The Labute approximate surface area is 128 Å². The van der Waals surface area contributed by atoms with E-state index in [0.717, 1.165) is 18.5 Å². The number of halogens is 1. The lowest BCUT2D eigenvalue weighted by atomic mass is 10.2. The minimum absolute atomic E-state index is 0.00324. The molecule has 5 nitrogen and oxygen atoms in total. The minimum atomic E-state index is 0.00324. The fourth-order valence-electron chi connectivity index (χ4n) is 2.29. The van der Waals surface area contributed by atoms with Gasteiger partial charge in [0.25, 0.3) is 0 Å². The lowest BCUT2D eigenvalue weighted by Crippen LogP contribution is -2.33. The first kappa shape index (κ1) is 13.8. The summed E-state index contributed by atoms with van der Waals surface area (Å²) in [6, 6.07) is 11.4. The number of rotatable bonds is 2. The summed E-state index contributed by atoms with van der Waals surface area (Å²) < 4.78 is 0. The third-order valence-electron chi connectivity index (χ3n) is 3.30. The molecule has 1 saturated heterocycles. The highest BCUT2D eigenvalue weighted by Crippen LogP contribution is 2.22. The lowest BCUT2D eigenvalue weighted by Gasteiger charge is -2.20. The molecule has 21 heavy (non-hydrogen) atoms. The molecule has 2 aromatic rings. The molecule has 3 rings (SSSR count). The first-order valence-corrected chi connectivity index (χ1v) is 7.22. The molecule has 1 fully saturated rings. The third kappa shape index (κ3) is 3.31. The van der Waals surface area contributed by atoms with E-state index in [2.05, 4.69) is 15.3 Å². The zero-order chi connectivity index (χ0) is 14.7. The van der Waals surface area contributed by atoms with Gasteiger partial charge < -0.3 is 10.2 Å². The van der Waals surface area contributed by atoms with Gasteiger partial charge in [0.2, 0.25) is 5.91 Å². The molecule has 1 aliphatic rings. The summed E-state index contributed by atoms with van der Waals surface area (Å²) in [6.45, 7) is 1.75. The summed E-state index contributed by atoms with van der Waals surface area (Å²) in [5.41, 5.74) is 0.903. The molecule has 0 unspecified atom stereocenters. The molecular weight excluding hydrogens is 288 g/mol. The molecular formula is C15H15ClN4O. The summed E-state index contributed by atoms with van der Waals surface area (Å²) >= 11 is 6.12. The molecule has 0 radical (unpaired) electrons. The number of benzene rings is 1. The number of hydrogen-bond acceptors (Lipinski definition) is 4. The standard InChI is InChI=1S/C15H15ClN4O/c16-12-9-13(20-8-4-7-17-14(21)10-20)19-15(18-12)11-5-2-1-3-6-11/h1-3,5-6,9H,4,7-8,10H2,(H,17,21). The van der Waals surface area contributed by atoms with Gasteiger partial charge in [0.15, 0.2) is 5.82 Å². The van der Waals surface area contributed by atoms with Gasteiger partial charge in [0.1, 0.15) is 11.0 Å². The second-order valence-electron chi connectivity index (χ2n) is 4.86. The highest BCUT2D eigenvalue weighted by molar-refractivity contribution is 6.29. The van der Waals surface area contributed by atoms with Gasteiger partial charge >= 0.3 is 0 Å². The monoisotopic (exact) mass is 302 g/mol. The van der Waals surface area contributed by atoms with E-state index < -0.39 is 0 Å². The van der Waals surface area contributed by atoms with Crippen LogP contribution in [0, 0.1) is 0 Å². The number of nitrogens with zero attached hydrogens (tertiary/aromatic N) is 3. The van der Waals surface area contributed by atoms with Crippen LogP contribution in [0.2, 0.25) is 5.15 Å². The number of aromatic nitrogens is 2. The zero-order valence-electron chi connectivity index (χ0n) is 11.4. The van der Waals surface area contributed by atoms with Gasteiger partial charge in [0, 0.05) is 24.7 Å². The van der Waals surface area contributed by atoms with E-state index in [1.807, 2.05) is 35.2 Å². The van der Waals surface area contributed by atoms with Crippen LogP contribution in [-0.4, -0.2) is 35.5 Å². The molecule has 0 bridgehead atoms. The lowest BCUT2D eigenvalue weighted by molar-refractivity contribution is -0.119. The predicted octanol–water partition coefficient (Wildman–Crippen LogP) is 2.12. The van der Waals surface area contributed by atoms with Crippen molar-refractivity contribution in [2.75, 3.05) is 24.5 Å². The van der Waals surface area contributed by atoms with Gasteiger partial charge in [-0.15, -0.1) is 0 Å². The average Bonchev–Trinajstić information content (AvgIpc) is 2.72. The molecule has 2 heterocycles. The van der Waals surface area contributed by atoms with Crippen LogP contribution in [0.4, 0.5) is 5.82 Å². The van der Waals surface area contributed by atoms with Crippen molar-refractivity contribution in [3.8, 4) is 11.4 Å². The number of nitrogens with one attached hydrogen (secondary N) is 1. The van der Waals surface area contributed by atoms with Crippen molar-refractivity contribution < 1.29 is 4.79 Å². The van der Waals surface area contributed by atoms with E-state index in [4.69, 9.17) is 11.6 Å². The quantitative estimate of drug-likeness (QED) is 0.863. The maximum absolute atomic E-state index is 11.7. The number of amides is 1. The fourth-order valence-corrected chi connectivity index (χ4v) is 2.46. The average molecular weight is 303 g/mol. The Balaban J connectivity index is 1.95. The normalized spacial score (nSPS) is 15.5. The zero-order valence-corrected chi connectivity index (χ0v) is 12.2. The Kier molecular flexibility index (Phi) is 4.01. The number of carbonyl (C=O) groups is 1. The Morgan fingerprint density at radius 3 is 2.81 bits per heavy atom. The number of anilines is 1. The van der Waals surface area contributed by atoms with E-state index in [1.54, 1.807) is 6.07 Å². The Morgan fingerprint density at radius 2 is 2.00 bits per heavy atom. The van der Waals surface area contributed by atoms with E-state index >= 15 is 0 Å². The molecule has 1 N–H and O–H groups in total. The van der Waals surface area contributed by atoms with E-state index in [9.17, 15) is 4.79 Å². The first-order chi connectivity index (χ1) is 10.2. The van der Waals surface area contributed by atoms with Crippen molar-refractivity contribution in [3.05, 3.63) is 41.6 Å². The number of hydrogen-bond donors (Lipinski definition) is 1. The second-order valence-corrected chi connectivity index (χ2v) is 5.25. The van der Waals surface area contributed by atoms with Crippen molar-refractivity contribution in [2.45, 2.75) is 6.42 Å². The molecule has 0 aliphatic carbocycles. The summed E-state index contributed by atoms with van der Waals surface area (Å²) in [4.78, 5) is 22.4. The fraction of sp³-hybridized carbons (Fsp3) is 0.267. The molecule has 0 saturated carbocycles. The van der Waals surface area contributed by atoms with Crippen LogP contribution in [0.3, 0.4) is 0 Å². The van der Waals surface area contributed by atoms with Gasteiger partial charge in [-0.1, -0.05) is 41.9 Å². The molecule has 1 amide bonds. The second kappa shape index (κ2) is 6.10. The molecule has 1 aliphatic heterocycles. The van der Waals surface area contributed by atoms with Gasteiger partial charge in [-0.2, -0.15) is 0 Å². The van der Waals surface area contributed by atoms with Crippen LogP contribution in [0.25, 0.3) is 11.4 Å². The molecule has 0 atom stereocenters. The molecule has 1 aromatic heterocycles. The first-order valence-electron chi connectivity index (χ1n) is 6.84. The highest BCUT2D eigenvalue weighted by atomic mass is 35.5. The Bertz CT molecular complexity index is 647.